The Balaban J connectivity index is 1.58. The number of carbonyl (C=O) groups excluding carboxylic acids is 2. The summed E-state index contributed by atoms with van der Waals surface area (Å²) in [5.74, 6) is -0.0489. The lowest BCUT2D eigenvalue weighted by Crippen LogP contribution is -2.37. The second-order valence-corrected chi connectivity index (χ2v) is 6.64. The van der Waals surface area contributed by atoms with Crippen molar-refractivity contribution in [2.45, 2.75) is 13.1 Å². The minimum absolute atomic E-state index is 0.0291. The van der Waals surface area contributed by atoms with Crippen LogP contribution in [0.2, 0.25) is 0 Å². The molecule has 3 heterocycles. The lowest BCUT2D eigenvalue weighted by atomic mass is 10.2. The number of carbonyl (C=O) groups is 2. The lowest BCUT2D eigenvalue weighted by Gasteiger charge is -2.27. The van der Waals surface area contributed by atoms with Gasteiger partial charge in [-0.25, -0.2) is 10.5 Å². The maximum atomic E-state index is 12.8. The first-order valence-corrected chi connectivity index (χ1v) is 8.25. The SMILES string of the molecule is O=C(NO)c1cn2c(n1)CN(C(=O)c1cc3ccccc3s1)CC2. The summed E-state index contributed by atoms with van der Waals surface area (Å²) in [6.07, 6.45) is 1.59. The van der Waals surface area contributed by atoms with Crippen molar-refractivity contribution in [1.82, 2.24) is 19.9 Å². The number of benzene rings is 1. The van der Waals surface area contributed by atoms with Crippen LogP contribution in [0, 0.1) is 0 Å². The van der Waals surface area contributed by atoms with Crippen molar-refractivity contribution >= 4 is 33.2 Å². The summed E-state index contributed by atoms with van der Waals surface area (Å²) in [5.41, 5.74) is 1.71. The summed E-state index contributed by atoms with van der Waals surface area (Å²) < 4.78 is 2.92. The van der Waals surface area contributed by atoms with Crippen molar-refractivity contribution in [3.63, 3.8) is 0 Å². The minimum atomic E-state index is -0.653. The molecule has 8 heteroatoms. The fraction of sp³-hybridized carbons (Fsp3) is 0.188. The zero-order valence-corrected chi connectivity index (χ0v) is 13.4. The van der Waals surface area contributed by atoms with E-state index in [-0.39, 0.29) is 11.6 Å². The number of nitrogens with zero attached hydrogens (tertiary/aromatic N) is 3. The Morgan fingerprint density at radius 2 is 2.08 bits per heavy atom. The number of fused-ring (bicyclic) bond motifs is 2. The molecule has 4 rings (SSSR count). The van der Waals surface area contributed by atoms with Crippen molar-refractivity contribution in [3.8, 4) is 0 Å². The van der Waals surface area contributed by atoms with Gasteiger partial charge in [0.15, 0.2) is 0 Å². The van der Waals surface area contributed by atoms with E-state index in [1.165, 1.54) is 11.3 Å². The van der Waals surface area contributed by atoms with Crippen LogP contribution in [0.5, 0.6) is 0 Å². The van der Waals surface area contributed by atoms with Gasteiger partial charge in [0.1, 0.15) is 11.5 Å². The largest absolute Gasteiger partial charge is 0.331 e. The highest BCUT2D eigenvalue weighted by atomic mass is 32.1. The maximum Gasteiger partial charge on any atom is 0.294 e. The first-order valence-electron chi connectivity index (χ1n) is 7.44. The molecular formula is C16H14N4O3S. The Kier molecular flexibility index (Phi) is 3.55. The molecule has 0 spiro atoms. The zero-order valence-electron chi connectivity index (χ0n) is 12.6. The van der Waals surface area contributed by atoms with Crippen molar-refractivity contribution < 1.29 is 14.8 Å². The Hall–Kier alpha value is -2.71. The van der Waals surface area contributed by atoms with E-state index < -0.39 is 5.91 Å². The summed E-state index contributed by atoms with van der Waals surface area (Å²) in [6.45, 7) is 1.46. The van der Waals surface area contributed by atoms with Crippen molar-refractivity contribution in [2.24, 2.45) is 0 Å². The average Bonchev–Trinajstić information content (AvgIpc) is 3.23. The third kappa shape index (κ3) is 2.45. The van der Waals surface area contributed by atoms with Crippen molar-refractivity contribution in [1.29, 1.82) is 0 Å². The lowest BCUT2D eigenvalue weighted by molar-refractivity contribution is 0.0700. The molecule has 7 nitrogen and oxygen atoms in total. The van der Waals surface area contributed by atoms with Gasteiger partial charge in [-0.15, -0.1) is 11.3 Å². The third-order valence-corrected chi connectivity index (χ3v) is 5.16. The van der Waals surface area contributed by atoms with Gasteiger partial charge >= 0.3 is 0 Å². The Morgan fingerprint density at radius 3 is 2.88 bits per heavy atom. The first kappa shape index (κ1) is 14.9. The summed E-state index contributed by atoms with van der Waals surface area (Å²) in [4.78, 5) is 30.8. The van der Waals surface area contributed by atoms with Gasteiger partial charge in [-0.05, 0) is 17.5 Å². The quantitative estimate of drug-likeness (QED) is 0.550. The highest BCUT2D eigenvalue weighted by Crippen LogP contribution is 2.27. The van der Waals surface area contributed by atoms with Gasteiger partial charge in [-0.3, -0.25) is 14.8 Å². The highest BCUT2D eigenvalue weighted by Gasteiger charge is 2.25. The van der Waals surface area contributed by atoms with E-state index in [9.17, 15) is 9.59 Å². The number of hydrogen-bond donors (Lipinski definition) is 2. The average molecular weight is 342 g/mol. The van der Waals surface area contributed by atoms with E-state index >= 15 is 0 Å². The smallest absolute Gasteiger partial charge is 0.294 e. The van der Waals surface area contributed by atoms with E-state index in [1.807, 2.05) is 34.9 Å². The highest BCUT2D eigenvalue weighted by molar-refractivity contribution is 7.20. The number of rotatable bonds is 2. The predicted molar refractivity (Wildman–Crippen MR) is 88.0 cm³/mol. The molecule has 2 N–H and O–H groups in total. The Labute approximate surface area is 141 Å². The number of thiophene rings is 1. The van der Waals surface area contributed by atoms with Gasteiger partial charge in [0, 0.05) is 24.0 Å². The molecule has 0 atom stereocenters. The fourth-order valence-corrected chi connectivity index (χ4v) is 3.87. The molecule has 0 saturated carbocycles. The molecule has 0 fully saturated rings. The van der Waals surface area contributed by atoms with Gasteiger partial charge in [-0.1, -0.05) is 18.2 Å². The molecule has 0 bridgehead atoms. The molecule has 0 aliphatic carbocycles. The van der Waals surface area contributed by atoms with E-state index in [0.29, 0.717) is 30.3 Å². The molecule has 2 aromatic heterocycles. The number of aromatic nitrogens is 2. The van der Waals surface area contributed by atoms with Crippen LogP contribution in [-0.4, -0.2) is 38.0 Å². The van der Waals surface area contributed by atoms with Gasteiger partial charge in [0.25, 0.3) is 11.8 Å². The molecule has 0 saturated heterocycles. The normalized spacial score (nSPS) is 13.8. The maximum absolute atomic E-state index is 12.8. The molecule has 122 valence electrons. The molecule has 2 amide bonds. The van der Waals surface area contributed by atoms with Crippen molar-refractivity contribution in [3.05, 3.63) is 52.9 Å². The molecule has 0 unspecified atom stereocenters. The zero-order chi connectivity index (χ0) is 16.7. The van der Waals surface area contributed by atoms with Crippen LogP contribution < -0.4 is 5.48 Å². The van der Waals surface area contributed by atoms with Crippen LogP contribution in [0.1, 0.15) is 26.0 Å². The minimum Gasteiger partial charge on any atom is -0.331 e. The molecule has 24 heavy (non-hydrogen) atoms. The molecule has 1 aliphatic heterocycles. The topological polar surface area (TPSA) is 87.5 Å². The Morgan fingerprint density at radius 1 is 1.25 bits per heavy atom. The number of amides is 2. The van der Waals surface area contributed by atoms with Gasteiger partial charge in [0.2, 0.25) is 0 Å². The number of imidazole rings is 1. The summed E-state index contributed by atoms with van der Waals surface area (Å²) >= 11 is 1.48. The summed E-state index contributed by atoms with van der Waals surface area (Å²) in [5, 5.41) is 9.76. The molecule has 1 aromatic carbocycles. The van der Waals surface area contributed by atoms with Crippen LogP contribution in [-0.2, 0) is 13.1 Å². The summed E-state index contributed by atoms with van der Waals surface area (Å²) in [6, 6.07) is 9.81. The number of hydroxylamine groups is 1. The van der Waals surface area contributed by atoms with Gasteiger partial charge in [0.05, 0.1) is 11.4 Å². The third-order valence-electron chi connectivity index (χ3n) is 4.06. The fourth-order valence-electron chi connectivity index (χ4n) is 2.84. The van der Waals surface area contributed by atoms with E-state index in [1.54, 1.807) is 16.6 Å². The van der Waals surface area contributed by atoms with E-state index in [4.69, 9.17) is 5.21 Å². The monoisotopic (exact) mass is 342 g/mol. The second-order valence-electron chi connectivity index (χ2n) is 5.55. The Bertz CT molecular complexity index is 913. The number of nitrogens with one attached hydrogen (secondary N) is 1. The first-order chi connectivity index (χ1) is 11.7. The molecule has 0 radical (unpaired) electrons. The standard InChI is InChI=1S/C16H14N4O3S/c21-15(18-23)11-8-19-5-6-20(9-14(19)17-11)16(22)13-7-10-3-1-2-4-12(10)24-13/h1-4,7-8,23H,5-6,9H2,(H,18,21). The van der Waals surface area contributed by atoms with Crippen LogP contribution in [0.3, 0.4) is 0 Å². The predicted octanol–water partition coefficient (Wildman–Crippen LogP) is 1.87. The van der Waals surface area contributed by atoms with Crippen LogP contribution in [0.4, 0.5) is 0 Å². The van der Waals surface area contributed by atoms with Crippen LogP contribution >= 0.6 is 11.3 Å². The van der Waals surface area contributed by atoms with Gasteiger partial charge < -0.3 is 9.47 Å². The summed E-state index contributed by atoms with van der Waals surface area (Å²) in [7, 11) is 0. The molecule has 3 aromatic rings. The number of hydrogen-bond acceptors (Lipinski definition) is 5. The molecule has 1 aliphatic rings. The van der Waals surface area contributed by atoms with E-state index in [2.05, 4.69) is 4.98 Å². The van der Waals surface area contributed by atoms with Crippen LogP contribution in [0.15, 0.2) is 36.5 Å². The van der Waals surface area contributed by atoms with E-state index in [0.717, 1.165) is 10.1 Å². The molecular weight excluding hydrogens is 328 g/mol. The second kappa shape index (κ2) is 5.73. The van der Waals surface area contributed by atoms with Gasteiger partial charge in [-0.2, -0.15) is 0 Å². The van der Waals surface area contributed by atoms with Crippen molar-refractivity contribution in [2.75, 3.05) is 6.54 Å². The van der Waals surface area contributed by atoms with Crippen LogP contribution in [0.25, 0.3) is 10.1 Å².